The lowest BCUT2D eigenvalue weighted by Crippen LogP contribution is -2.29. The minimum Gasteiger partial charge on any atom is -0.462 e. The number of phosphoric ester groups is 1. The lowest BCUT2D eigenvalue weighted by Gasteiger charge is -2.19. The predicted molar refractivity (Wildman–Crippen MR) is 261 cm³/mol. The number of esters is 2. The van der Waals surface area contributed by atoms with E-state index in [4.69, 9.17) is 24.3 Å². The molecule has 0 fully saturated rings. The average molecular weight is 892 g/mol. The van der Waals surface area contributed by atoms with Crippen LogP contribution in [0.2, 0.25) is 0 Å². The molecule has 0 spiro atoms. The molecule has 0 aromatic carbocycles. The first-order valence-electron chi connectivity index (χ1n) is 25.3. The van der Waals surface area contributed by atoms with Gasteiger partial charge in [-0.25, -0.2) is 4.57 Å². The van der Waals surface area contributed by atoms with Gasteiger partial charge < -0.3 is 20.1 Å². The van der Waals surface area contributed by atoms with Crippen molar-refractivity contribution < 1.29 is 37.6 Å². The quantitative estimate of drug-likeness (QED) is 0.0265. The van der Waals surface area contributed by atoms with Crippen molar-refractivity contribution >= 4 is 19.8 Å². The molecule has 360 valence electrons. The second kappa shape index (κ2) is 48.2. The van der Waals surface area contributed by atoms with E-state index in [9.17, 15) is 19.0 Å². The van der Waals surface area contributed by atoms with Crippen molar-refractivity contribution in [3.63, 3.8) is 0 Å². The Labute approximate surface area is 380 Å². The van der Waals surface area contributed by atoms with Crippen LogP contribution in [-0.2, 0) is 32.7 Å². The maximum absolute atomic E-state index is 12.6. The lowest BCUT2D eigenvalue weighted by atomic mass is 10.0. The molecular formula is C52H94NO8P. The molecule has 2 unspecified atom stereocenters. The number of hydrogen-bond donors (Lipinski definition) is 2. The first-order chi connectivity index (χ1) is 30.3. The summed E-state index contributed by atoms with van der Waals surface area (Å²) >= 11 is 0. The number of phosphoric acid groups is 1. The second-order valence-electron chi connectivity index (χ2n) is 16.7. The van der Waals surface area contributed by atoms with Gasteiger partial charge in [-0.05, 0) is 57.8 Å². The number of rotatable bonds is 47. The van der Waals surface area contributed by atoms with E-state index < -0.39 is 26.5 Å². The van der Waals surface area contributed by atoms with E-state index >= 15 is 0 Å². The Hall–Kier alpha value is -2.29. The topological polar surface area (TPSA) is 134 Å². The maximum Gasteiger partial charge on any atom is 0.472 e. The first kappa shape index (κ1) is 59.7. The Morgan fingerprint density at radius 3 is 1.32 bits per heavy atom. The largest absolute Gasteiger partial charge is 0.472 e. The maximum atomic E-state index is 12.6. The van der Waals surface area contributed by atoms with E-state index in [-0.39, 0.29) is 38.6 Å². The molecule has 62 heavy (non-hydrogen) atoms. The summed E-state index contributed by atoms with van der Waals surface area (Å²) in [6, 6.07) is 0. The molecule has 0 saturated heterocycles. The number of carbonyl (C=O) groups is 2. The highest BCUT2D eigenvalue weighted by Crippen LogP contribution is 2.43. The zero-order chi connectivity index (χ0) is 45.3. The Balaban J connectivity index is 4.09. The van der Waals surface area contributed by atoms with E-state index in [1.54, 1.807) is 0 Å². The van der Waals surface area contributed by atoms with E-state index in [1.807, 2.05) is 0 Å². The van der Waals surface area contributed by atoms with Crippen molar-refractivity contribution in [2.75, 3.05) is 26.4 Å². The number of nitrogens with two attached hydrogens (primary N) is 1. The van der Waals surface area contributed by atoms with E-state index in [1.165, 1.54) is 122 Å². The van der Waals surface area contributed by atoms with Gasteiger partial charge >= 0.3 is 19.8 Å². The van der Waals surface area contributed by atoms with Gasteiger partial charge in [0, 0.05) is 19.4 Å². The monoisotopic (exact) mass is 892 g/mol. The molecule has 0 rings (SSSR count). The Kier molecular flexibility index (Phi) is 46.4. The molecule has 0 radical (unpaired) electrons. The molecule has 0 bridgehead atoms. The highest BCUT2D eigenvalue weighted by atomic mass is 31.2. The van der Waals surface area contributed by atoms with Gasteiger partial charge in [-0.3, -0.25) is 18.6 Å². The number of hydrogen-bond acceptors (Lipinski definition) is 8. The molecule has 9 nitrogen and oxygen atoms in total. The van der Waals surface area contributed by atoms with Crippen LogP contribution < -0.4 is 5.73 Å². The van der Waals surface area contributed by atoms with Crippen LogP contribution in [0.1, 0.15) is 226 Å². The summed E-state index contributed by atoms with van der Waals surface area (Å²) in [5.74, 6) is -0.861. The van der Waals surface area contributed by atoms with Gasteiger partial charge in [0.05, 0.1) is 13.2 Å². The van der Waals surface area contributed by atoms with Crippen LogP contribution in [0.3, 0.4) is 0 Å². The molecule has 0 heterocycles. The molecule has 0 aromatic heterocycles. The summed E-state index contributed by atoms with van der Waals surface area (Å²) < 4.78 is 32.9. The highest BCUT2D eigenvalue weighted by molar-refractivity contribution is 7.47. The summed E-state index contributed by atoms with van der Waals surface area (Å²) in [4.78, 5) is 35.0. The fourth-order valence-corrected chi connectivity index (χ4v) is 7.72. The zero-order valence-electron chi connectivity index (χ0n) is 39.8. The third kappa shape index (κ3) is 47.2. The van der Waals surface area contributed by atoms with Crippen LogP contribution in [0.25, 0.3) is 0 Å². The zero-order valence-corrected chi connectivity index (χ0v) is 40.7. The van der Waals surface area contributed by atoms with Gasteiger partial charge in [0.2, 0.25) is 0 Å². The molecule has 0 amide bonds. The smallest absolute Gasteiger partial charge is 0.462 e. The molecule has 10 heteroatoms. The summed E-state index contributed by atoms with van der Waals surface area (Å²) in [5.41, 5.74) is 5.36. The lowest BCUT2D eigenvalue weighted by molar-refractivity contribution is -0.161. The van der Waals surface area contributed by atoms with Crippen LogP contribution in [0.15, 0.2) is 60.8 Å². The molecular weight excluding hydrogens is 798 g/mol. The van der Waals surface area contributed by atoms with Crippen molar-refractivity contribution in [1.82, 2.24) is 0 Å². The molecule has 0 aliphatic carbocycles. The normalized spacial score (nSPS) is 13.7. The fraction of sp³-hybridized carbons (Fsp3) is 0.769. The standard InChI is InChI=1S/C52H94NO8P/c1-3-5-7-9-11-13-15-17-19-21-23-24-25-27-28-30-32-34-36-38-40-42-44-51(54)58-48-50(49-60-62(56,57)59-47-46-53)61-52(55)45-43-41-39-37-35-33-31-29-26-22-20-18-16-14-12-10-8-6-4-2/h6,8,12,14,18,20,26,29,33,35,50H,3-5,7,9-11,13,15-17,19,21-25,27-28,30-32,34,36-49,53H2,1-2H3,(H,56,57)/b8-6-,14-12-,20-18-,29-26-,35-33-. The Bertz CT molecular complexity index is 1200. The van der Waals surface area contributed by atoms with Crippen LogP contribution in [0, 0.1) is 0 Å². The molecule has 0 aromatic rings. The van der Waals surface area contributed by atoms with Gasteiger partial charge in [-0.2, -0.15) is 0 Å². The first-order valence-corrected chi connectivity index (χ1v) is 26.8. The third-order valence-electron chi connectivity index (χ3n) is 10.7. The van der Waals surface area contributed by atoms with Crippen molar-refractivity contribution in [2.24, 2.45) is 5.73 Å². The van der Waals surface area contributed by atoms with Gasteiger partial charge in [0.1, 0.15) is 6.61 Å². The highest BCUT2D eigenvalue weighted by Gasteiger charge is 2.26. The number of allylic oxidation sites excluding steroid dienone is 10. The van der Waals surface area contributed by atoms with Crippen LogP contribution in [0.4, 0.5) is 0 Å². The van der Waals surface area contributed by atoms with E-state index in [2.05, 4.69) is 74.6 Å². The number of carbonyl (C=O) groups excluding carboxylic acids is 2. The Morgan fingerprint density at radius 2 is 0.887 bits per heavy atom. The molecule has 0 saturated carbocycles. The van der Waals surface area contributed by atoms with Crippen molar-refractivity contribution in [1.29, 1.82) is 0 Å². The van der Waals surface area contributed by atoms with Gasteiger partial charge in [-0.15, -0.1) is 0 Å². The van der Waals surface area contributed by atoms with E-state index in [0.717, 1.165) is 70.6 Å². The van der Waals surface area contributed by atoms with E-state index in [0.29, 0.717) is 6.42 Å². The predicted octanol–water partition coefficient (Wildman–Crippen LogP) is 15.2. The number of unbranched alkanes of at least 4 members (excludes halogenated alkanes) is 24. The molecule has 2 atom stereocenters. The average Bonchev–Trinajstić information content (AvgIpc) is 3.26. The van der Waals surface area contributed by atoms with Crippen LogP contribution in [0.5, 0.6) is 0 Å². The summed E-state index contributed by atoms with van der Waals surface area (Å²) in [5, 5.41) is 0. The fourth-order valence-electron chi connectivity index (χ4n) is 6.96. The van der Waals surface area contributed by atoms with Crippen LogP contribution >= 0.6 is 7.82 Å². The Morgan fingerprint density at radius 1 is 0.500 bits per heavy atom. The minimum atomic E-state index is -4.39. The molecule has 3 N–H and O–H groups in total. The van der Waals surface area contributed by atoms with Crippen molar-refractivity contribution in [3.05, 3.63) is 60.8 Å². The van der Waals surface area contributed by atoms with Gasteiger partial charge in [0.25, 0.3) is 0 Å². The summed E-state index contributed by atoms with van der Waals surface area (Å²) in [7, 11) is -4.39. The van der Waals surface area contributed by atoms with Crippen molar-refractivity contribution in [3.8, 4) is 0 Å². The van der Waals surface area contributed by atoms with Gasteiger partial charge in [0.15, 0.2) is 6.10 Å². The number of ether oxygens (including phenoxy) is 2. The SMILES string of the molecule is CC/C=C\C/C=C\C/C=C\C/C=C\C/C=C\CCCCCC(=O)OC(COC(=O)CCCCCCCCCCCCCCCCCCCCCCCC)COP(=O)(O)OCCN. The van der Waals surface area contributed by atoms with Gasteiger partial charge in [-0.1, -0.05) is 216 Å². The third-order valence-corrected chi connectivity index (χ3v) is 11.7. The molecule has 0 aliphatic rings. The second-order valence-corrected chi connectivity index (χ2v) is 18.1. The summed E-state index contributed by atoms with van der Waals surface area (Å²) in [6.07, 6.45) is 58.3. The van der Waals surface area contributed by atoms with Crippen molar-refractivity contribution in [2.45, 2.75) is 232 Å². The molecule has 0 aliphatic heterocycles. The summed E-state index contributed by atoms with van der Waals surface area (Å²) in [6.45, 7) is 3.61. The van der Waals surface area contributed by atoms with Crippen LogP contribution in [-0.4, -0.2) is 49.3 Å². The minimum absolute atomic E-state index is 0.0462.